The molecule has 0 saturated heterocycles. The first kappa shape index (κ1) is 27.8. The molecule has 1 saturated carbocycles. The first-order valence-electron chi connectivity index (χ1n) is 12.2. The van der Waals surface area contributed by atoms with Crippen molar-refractivity contribution in [2.45, 2.75) is 103 Å². The zero-order chi connectivity index (χ0) is 26.6. The quantitative estimate of drug-likeness (QED) is 0.476. The second-order valence-electron chi connectivity index (χ2n) is 12.2. The molecule has 2 N–H and O–H groups in total. The Bertz CT molecular complexity index is 1150. The highest BCUT2D eigenvalue weighted by Crippen LogP contribution is 2.42. The smallest absolute Gasteiger partial charge is 0.343 e. The number of nitrogens with two attached hydrogens (primary N) is 1. The van der Waals surface area contributed by atoms with Crippen molar-refractivity contribution in [2.24, 2.45) is 17.0 Å². The molecular weight excluding hydrogens is 473 g/mol. The minimum Gasteiger partial charge on any atom is -0.343 e. The predicted octanol–water partition coefficient (Wildman–Crippen LogP) is 7.07. The van der Waals surface area contributed by atoms with Gasteiger partial charge in [0.2, 0.25) is 10.0 Å². The van der Waals surface area contributed by atoms with E-state index in [4.69, 9.17) is 5.14 Å². The lowest BCUT2D eigenvalue weighted by molar-refractivity contribution is -0.186. The summed E-state index contributed by atoms with van der Waals surface area (Å²) in [5.74, 6) is -1.50. The molecule has 196 valence electrons. The molecule has 3 rings (SSSR count). The van der Waals surface area contributed by atoms with Crippen LogP contribution in [0.2, 0.25) is 0 Å². The minimum absolute atomic E-state index is 0.0224. The molecule has 4 nitrogen and oxygen atoms in total. The van der Waals surface area contributed by atoms with E-state index in [9.17, 15) is 21.6 Å². The summed E-state index contributed by atoms with van der Waals surface area (Å²) in [6.07, 6.45) is -2.80. The van der Waals surface area contributed by atoms with Crippen LogP contribution in [0.25, 0.3) is 11.3 Å². The lowest BCUT2D eigenvalue weighted by Gasteiger charge is -2.32. The maximum Gasteiger partial charge on any atom is 0.391 e. The van der Waals surface area contributed by atoms with Crippen molar-refractivity contribution in [3.05, 3.63) is 41.1 Å². The van der Waals surface area contributed by atoms with E-state index in [0.717, 1.165) is 16.7 Å². The van der Waals surface area contributed by atoms with Gasteiger partial charge in [0.05, 0.1) is 5.92 Å². The second-order valence-corrected chi connectivity index (χ2v) is 13.7. The van der Waals surface area contributed by atoms with E-state index in [1.165, 1.54) is 0 Å². The molecule has 35 heavy (non-hydrogen) atoms. The van der Waals surface area contributed by atoms with Gasteiger partial charge in [-0.3, -0.25) is 0 Å². The Balaban J connectivity index is 2.18. The molecule has 0 bridgehead atoms. The van der Waals surface area contributed by atoms with Gasteiger partial charge in [0, 0.05) is 17.9 Å². The first-order chi connectivity index (χ1) is 15.8. The molecule has 1 aromatic carbocycles. The number of sulfonamides is 1. The average Bonchev–Trinajstić information content (AvgIpc) is 3.02. The molecule has 2 atom stereocenters. The van der Waals surface area contributed by atoms with Crippen molar-refractivity contribution in [3.8, 4) is 11.3 Å². The number of aromatic nitrogens is 1. The molecule has 1 aromatic heterocycles. The lowest BCUT2D eigenvalue weighted by Crippen LogP contribution is -2.30. The van der Waals surface area contributed by atoms with Gasteiger partial charge in [0.15, 0.2) is 0 Å². The zero-order valence-corrected chi connectivity index (χ0v) is 22.7. The molecule has 2 aromatic rings. The fraction of sp³-hybridized carbons (Fsp3) is 0.630. The summed E-state index contributed by atoms with van der Waals surface area (Å²) in [4.78, 5) is 0.0224. The van der Waals surface area contributed by atoms with Crippen LogP contribution < -0.4 is 5.14 Å². The standard InChI is InChI=1S/C27H39F3N2O2S/c1-17-24(35(31,33)34)15-23(32(17)16-18-9-8-10-20(11-18)27(28,29)30)19-12-21(25(2,3)4)14-22(13-19)26(5,6)7/h12-15,18,20H,8-11,16H2,1-7H3,(H2,31,33,34). The van der Waals surface area contributed by atoms with Crippen molar-refractivity contribution in [1.29, 1.82) is 0 Å². The summed E-state index contributed by atoms with van der Waals surface area (Å²) >= 11 is 0. The van der Waals surface area contributed by atoms with Gasteiger partial charge < -0.3 is 4.57 Å². The number of alkyl halides is 3. The molecule has 1 aliphatic carbocycles. The average molecular weight is 513 g/mol. The van der Waals surface area contributed by atoms with Crippen molar-refractivity contribution in [2.75, 3.05) is 0 Å². The second kappa shape index (κ2) is 9.25. The summed E-state index contributed by atoms with van der Waals surface area (Å²) in [5, 5.41) is 5.54. The van der Waals surface area contributed by atoms with Crippen molar-refractivity contribution in [3.63, 3.8) is 0 Å². The minimum atomic E-state index is -4.21. The van der Waals surface area contributed by atoms with Crippen LogP contribution in [-0.4, -0.2) is 19.2 Å². The van der Waals surface area contributed by atoms with Crippen LogP contribution in [0.15, 0.2) is 29.2 Å². The van der Waals surface area contributed by atoms with Gasteiger partial charge in [-0.2, -0.15) is 13.2 Å². The van der Waals surface area contributed by atoms with Crippen LogP contribution in [0.5, 0.6) is 0 Å². The van der Waals surface area contributed by atoms with Crippen LogP contribution in [0.3, 0.4) is 0 Å². The van der Waals surface area contributed by atoms with E-state index >= 15 is 0 Å². The van der Waals surface area contributed by atoms with E-state index in [1.54, 1.807) is 13.0 Å². The first-order valence-corrected chi connectivity index (χ1v) is 13.8. The highest BCUT2D eigenvalue weighted by molar-refractivity contribution is 7.89. The Labute approximate surface area is 208 Å². The number of benzene rings is 1. The summed E-state index contributed by atoms with van der Waals surface area (Å²) in [5.41, 5.74) is 3.92. The van der Waals surface area contributed by atoms with Crippen LogP contribution in [0.1, 0.15) is 84.0 Å². The van der Waals surface area contributed by atoms with Crippen LogP contribution in [0.4, 0.5) is 13.2 Å². The van der Waals surface area contributed by atoms with Crippen LogP contribution >= 0.6 is 0 Å². The Morgan fingerprint density at radius 3 is 1.94 bits per heavy atom. The van der Waals surface area contributed by atoms with E-state index in [0.29, 0.717) is 30.8 Å². The predicted molar refractivity (Wildman–Crippen MR) is 135 cm³/mol. The van der Waals surface area contributed by atoms with Gasteiger partial charge in [-0.05, 0) is 77.8 Å². The number of hydrogen-bond acceptors (Lipinski definition) is 2. The van der Waals surface area contributed by atoms with Gasteiger partial charge >= 0.3 is 6.18 Å². The third kappa shape index (κ3) is 6.31. The molecule has 0 amide bonds. The van der Waals surface area contributed by atoms with E-state index in [-0.39, 0.29) is 34.5 Å². The monoisotopic (exact) mass is 512 g/mol. The molecule has 1 aliphatic rings. The van der Waals surface area contributed by atoms with Crippen LogP contribution in [-0.2, 0) is 27.4 Å². The SMILES string of the molecule is Cc1c(S(N)(=O)=O)cc(-c2cc(C(C)(C)C)cc(C(C)(C)C)c2)n1CC1CCCC(C(F)(F)F)C1. The zero-order valence-electron chi connectivity index (χ0n) is 21.9. The maximum atomic E-state index is 13.4. The summed E-state index contributed by atoms with van der Waals surface area (Å²) in [6, 6.07) is 7.89. The fourth-order valence-corrected chi connectivity index (χ4v) is 5.83. The number of primary sulfonamides is 1. The molecule has 1 fully saturated rings. The number of rotatable bonds is 4. The lowest BCUT2D eigenvalue weighted by atomic mass is 9.79. The summed E-state index contributed by atoms with van der Waals surface area (Å²) in [7, 11) is -4.00. The molecule has 0 spiro atoms. The van der Waals surface area contributed by atoms with E-state index < -0.39 is 22.1 Å². The third-order valence-corrected chi connectivity index (χ3v) is 8.30. The Morgan fingerprint density at radius 1 is 0.943 bits per heavy atom. The Morgan fingerprint density at radius 2 is 1.49 bits per heavy atom. The fourth-order valence-electron chi connectivity index (χ4n) is 5.04. The molecule has 8 heteroatoms. The van der Waals surface area contributed by atoms with Gasteiger partial charge in [0.25, 0.3) is 0 Å². The third-order valence-electron chi connectivity index (χ3n) is 7.27. The van der Waals surface area contributed by atoms with Gasteiger partial charge in [0.1, 0.15) is 4.90 Å². The number of nitrogens with zero attached hydrogens (tertiary/aromatic N) is 1. The molecule has 0 radical (unpaired) electrons. The highest BCUT2D eigenvalue weighted by Gasteiger charge is 2.42. The van der Waals surface area contributed by atoms with Gasteiger partial charge in [-0.25, -0.2) is 13.6 Å². The molecular formula is C27H39F3N2O2S. The van der Waals surface area contributed by atoms with Crippen molar-refractivity contribution in [1.82, 2.24) is 4.57 Å². The topological polar surface area (TPSA) is 65.1 Å². The maximum absolute atomic E-state index is 13.4. The van der Waals surface area contributed by atoms with Crippen molar-refractivity contribution < 1.29 is 21.6 Å². The molecule has 2 unspecified atom stereocenters. The van der Waals surface area contributed by atoms with Crippen LogP contribution in [0, 0.1) is 18.8 Å². The van der Waals surface area contributed by atoms with Gasteiger partial charge in [-0.1, -0.05) is 54.0 Å². The normalized spacial score (nSPS) is 20.3. The molecule has 0 aliphatic heterocycles. The van der Waals surface area contributed by atoms with E-state index in [2.05, 4.69) is 59.7 Å². The molecule has 1 heterocycles. The van der Waals surface area contributed by atoms with Gasteiger partial charge in [-0.15, -0.1) is 0 Å². The Hall–Kier alpha value is -1.80. The Kier molecular flexibility index (Phi) is 7.35. The highest BCUT2D eigenvalue weighted by atomic mass is 32.2. The number of hydrogen-bond donors (Lipinski definition) is 1. The largest absolute Gasteiger partial charge is 0.391 e. The summed E-state index contributed by atoms with van der Waals surface area (Å²) in [6.45, 7) is 14.8. The van der Waals surface area contributed by atoms with E-state index in [1.807, 2.05) is 4.57 Å². The van der Waals surface area contributed by atoms with Crippen molar-refractivity contribution >= 4 is 10.0 Å². The number of halogens is 3. The summed E-state index contributed by atoms with van der Waals surface area (Å²) < 4.78 is 67.0.